The zero-order valence-corrected chi connectivity index (χ0v) is 11.8. The van der Waals surface area contributed by atoms with Crippen LogP contribution in [0.2, 0.25) is 0 Å². The Bertz CT molecular complexity index is 480. The molecule has 0 radical (unpaired) electrons. The van der Waals surface area contributed by atoms with E-state index < -0.39 is 0 Å². The molecule has 2 aliphatic rings. The minimum absolute atomic E-state index is 0.691. The molecule has 0 aromatic heterocycles. The summed E-state index contributed by atoms with van der Waals surface area (Å²) in [4.78, 5) is 2.53. The highest BCUT2D eigenvalue weighted by Gasteiger charge is 2.29. The van der Waals surface area contributed by atoms with E-state index in [0.29, 0.717) is 5.92 Å². The second kappa shape index (κ2) is 5.38. The van der Waals surface area contributed by atoms with Crippen molar-refractivity contribution in [3.63, 3.8) is 0 Å². The maximum atomic E-state index is 5.60. The van der Waals surface area contributed by atoms with Gasteiger partial charge in [0, 0.05) is 19.6 Å². The van der Waals surface area contributed by atoms with E-state index in [1.54, 1.807) is 18.2 Å². The van der Waals surface area contributed by atoms with Gasteiger partial charge in [-0.3, -0.25) is 4.90 Å². The van der Waals surface area contributed by atoms with Gasteiger partial charge >= 0.3 is 0 Å². The summed E-state index contributed by atoms with van der Waals surface area (Å²) in [5.41, 5.74) is 4.64. The van der Waals surface area contributed by atoms with Crippen molar-refractivity contribution in [2.24, 2.45) is 0 Å². The highest BCUT2D eigenvalue weighted by molar-refractivity contribution is 5.49. The van der Waals surface area contributed by atoms with Crippen LogP contribution < -0.4 is 4.74 Å². The lowest BCUT2D eigenvalue weighted by Gasteiger charge is -2.29. The van der Waals surface area contributed by atoms with Crippen molar-refractivity contribution in [3.05, 3.63) is 41.5 Å². The normalized spacial score (nSPS) is 22.5. The third-order valence-corrected chi connectivity index (χ3v) is 4.58. The number of methoxy groups -OCH3 is 1. The van der Waals surface area contributed by atoms with Crippen LogP contribution in [0, 0.1) is 0 Å². The van der Waals surface area contributed by atoms with E-state index in [0.717, 1.165) is 25.3 Å². The van der Waals surface area contributed by atoms with Crippen LogP contribution >= 0.6 is 0 Å². The van der Waals surface area contributed by atoms with Gasteiger partial charge in [0.25, 0.3) is 0 Å². The van der Waals surface area contributed by atoms with Gasteiger partial charge in [0.15, 0.2) is 0 Å². The topological polar surface area (TPSA) is 12.5 Å². The summed E-state index contributed by atoms with van der Waals surface area (Å²) in [5.74, 6) is 1.78. The third kappa shape index (κ3) is 2.30. The highest BCUT2D eigenvalue weighted by Crippen LogP contribution is 2.40. The molecule has 0 fully saturated rings. The molecule has 1 aliphatic heterocycles. The van der Waals surface area contributed by atoms with Gasteiger partial charge in [0.05, 0.1) is 7.11 Å². The van der Waals surface area contributed by atoms with Gasteiger partial charge in [0.1, 0.15) is 5.75 Å². The molecule has 0 saturated carbocycles. The van der Waals surface area contributed by atoms with Gasteiger partial charge in [-0.1, -0.05) is 12.1 Å². The Morgan fingerprint density at radius 2 is 2.32 bits per heavy atom. The number of ether oxygens (including phenoxy) is 1. The van der Waals surface area contributed by atoms with Crippen molar-refractivity contribution >= 4 is 0 Å². The van der Waals surface area contributed by atoms with Crippen molar-refractivity contribution in [2.75, 3.05) is 26.7 Å². The molecule has 0 spiro atoms. The monoisotopic (exact) mass is 257 g/mol. The number of hydrogen-bond donors (Lipinski definition) is 0. The Labute approximate surface area is 116 Å². The lowest BCUT2D eigenvalue weighted by atomic mass is 9.80. The summed E-state index contributed by atoms with van der Waals surface area (Å²) >= 11 is 0. The minimum atomic E-state index is 0.691. The summed E-state index contributed by atoms with van der Waals surface area (Å²) in [6, 6.07) is 4.45. The third-order valence-electron chi connectivity index (χ3n) is 4.58. The van der Waals surface area contributed by atoms with E-state index in [9.17, 15) is 0 Å². The van der Waals surface area contributed by atoms with Gasteiger partial charge in [0.2, 0.25) is 0 Å². The molecule has 0 bridgehead atoms. The predicted molar refractivity (Wildman–Crippen MR) is 79.0 cm³/mol. The fourth-order valence-electron chi connectivity index (χ4n) is 3.76. The van der Waals surface area contributed by atoms with Crippen molar-refractivity contribution in [3.8, 4) is 5.75 Å². The number of hydrogen-bond acceptors (Lipinski definition) is 2. The first-order valence-electron chi connectivity index (χ1n) is 7.35. The zero-order chi connectivity index (χ0) is 13.2. The van der Waals surface area contributed by atoms with Crippen molar-refractivity contribution in [1.29, 1.82) is 0 Å². The molecule has 1 aromatic carbocycles. The fourth-order valence-corrected chi connectivity index (χ4v) is 3.76. The standard InChI is InChI=1S/C17H23NO/c1-3-10-18-11-9-15-16(19-2)8-7-13-5-4-6-14(12-18)17(13)15/h3,7-8,14H,1,4-6,9-12H2,2H3/t14-/m1/s1. The van der Waals surface area contributed by atoms with E-state index in [4.69, 9.17) is 4.74 Å². The van der Waals surface area contributed by atoms with Crippen molar-refractivity contribution in [1.82, 2.24) is 4.90 Å². The van der Waals surface area contributed by atoms with Crippen LogP contribution in [0.25, 0.3) is 0 Å². The SMILES string of the molecule is C=CCN1CCc2c(OC)ccc3c2[C@H](CCC3)C1. The molecule has 102 valence electrons. The number of nitrogens with zero attached hydrogens (tertiary/aromatic N) is 1. The van der Waals surface area contributed by atoms with Gasteiger partial charge in [-0.05, 0) is 54.4 Å². The van der Waals surface area contributed by atoms with Crippen molar-refractivity contribution < 1.29 is 4.74 Å². The summed E-state index contributed by atoms with van der Waals surface area (Å²) in [7, 11) is 1.79. The van der Waals surface area contributed by atoms with E-state index in [-0.39, 0.29) is 0 Å². The van der Waals surface area contributed by atoms with E-state index in [2.05, 4.69) is 23.6 Å². The van der Waals surface area contributed by atoms with Gasteiger partial charge < -0.3 is 4.74 Å². The van der Waals surface area contributed by atoms with Crippen LogP contribution in [0.5, 0.6) is 5.75 Å². The van der Waals surface area contributed by atoms with Gasteiger partial charge in [-0.25, -0.2) is 0 Å². The minimum Gasteiger partial charge on any atom is -0.496 e. The summed E-state index contributed by atoms with van der Waals surface area (Å²) in [6.45, 7) is 7.19. The molecule has 0 amide bonds. The maximum Gasteiger partial charge on any atom is 0.122 e. The molecule has 0 unspecified atom stereocenters. The summed E-state index contributed by atoms with van der Waals surface area (Å²) in [5, 5.41) is 0. The lowest BCUT2D eigenvalue weighted by Crippen LogP contribution is -2.29. The summed E-state index contributed by atoms with van der Waals surface area (Å²) in [6.07, 6.45) is 7.02. The average Bonchev–Trinajstić information content (AvgIpc) is 2.62. The van der Waals surface area contributed by atoms with Gasteiger partial charge in [-0.15, -0.1) is 6.58 Å². The van der Waals surface area contributed by atoms with Crippen LogP contribution in [0.1, 0.15) is 35.4 Å². The Kier molecular flexibility index (Phi) is 3.61. The molecule has 0 N–H and O–H groups in total. The Morgan fingerprint density at radius 1 is 1.42 bits per heavy atom. The van der Waals surface area contributed by atoms with E-state index in [1.807, 2.05) is 6.08 Å². The molecule has 1 aliphatic carbocycles. The first-order chi connectivity index (χ1) is 9.33. The fraction of sp³-hybridized carbons (Fsp3) is 0.529. The van der Waals surface area contributed by atoms with Crippen LogP contribution in [-0.4, -0.2) is 31.6 Å². The first-order valence-corrected chi connectivity index (χ1v) is 7.35. The molecular formula is C17H23NO. The Morgan fingerprint density at radius 3 is 3.11 bits per heavy atom. The number of benzene rings is 1. The quantitative estimate of drug-likeness (QED) is 0.771. The van der Waals surface area contributed by atoms with E-state index in [1.165, 1.54) is 31.4 Å². The zero-order valence-electron chi connectivity index (χ0n) is 11.8. The van der Waals surface area contributed by atoms with Crippen LogP contribution in [0.4, 0.5) is 0 Å². The molecule has 1 aromatic rings. The molecular weight excluding hydrogens is 234 g/mol. The molecule has 3 rings (SSSR count). The Hall–Kier alpha value is -1.28. The second-order valence-electron chi connectivity index (χ2n) is 5.71. The average molecular weight is 257 g/mol. The largest absolute Gasteiger partial charge is 0.496 e. The molecule has 0 saturated heterocycles. The highest BCUT2D eigenvalue weighted by atomic mass is 16.5. The Balaban J connectivity index is 2.02. The summed E-state index contributed by atoms with van der Waals surface area (Å²) < 4.78 is 5.60. The maximum absolute atomic E-state index is 5.60. The first kappa shape index (κ1) is 12.7. The van der Waals surface area contributed by atoms with E-state index >= 15 is 0 Å². The molecule has 2 heteroatoms. The molecule has 2 nitrogen and oxygen atoms in total. The lowest BCUT2D eigenvalue weighted by molar-refractivity contribution is 0.285. The second-order valence-corrected chi connectivity index (χ2v) is 5.71. The smallest absolute Gasteiger partial charge is 0.122 e. The van der Waals surface area contributed by atoms with Gasteiger partial charge in [-0.2, -0.15) is 0 Å². The van der Waals surface area contributed by atoms with Crippen LogP contribution in [0.15, 0.2) is 24.8 Å². The predicted octanol–water partition coefficient (Wildman–Crippen LogP) is 3.16. The molecule has 1 heterocycles. The van der Waals surface area contributed by atoms with Crippen LogP contribution in [-0.2, 0) is 12.8 Å². The number of aryl methyl sites for hydroxylation is 1. The number of rotatable bonds is 3. The molecule has 1 atom stereocenters. The van der Waals surface area contributed by atoms with Crippen molar-refractivity contribution in [2.45, 2.75) is 31.6 Å². The molecule has 19 heavy (non-hydrogen) atoms. The van der Waals surface area contributed by atoms with Crippen LogP contribution in [0.3, 0.4) is 0 Å².